The van der Waals surface area contributed by atoms with Gasteiger partial charge >= 0.3 is 0 Å². The number of imidazole rings is 1. The highest BCUT2D eigenvalue weighted by Gasteiger charge is 2.27. The van der Waals surface area contributed by atoms with Crippen LogP contribution < -0.4 is 14.5 Å². The Hall–Kier alpha value is -3.32. The zero-order chi connectivity index (χ0) is 22.9. The van der Waals surface area contributed by atoms with Crippen LogP contribution in [0.15, 0.2) is 12.1 Å². The van der Waals surface area contributed by atoms with Crippen LogP contribution in [0.2, 0.25) is 0 Å². The van der Waals surface area contributed by atoms with E-state index in [2.05, 4.69) is 19.9 Å². The summed E-state index contributed by atoms with van der Waals surface area (Å²) >= 11 is 0. The van der Waals surface area contributed by atoms with Crippen molar-refractivity contribution in [2.24, 2.45) is 0 Å². The van der Waals surface area contributed by atoms with Gasteiger partial charge in [0, 0.05) is 26.2 Å². The molecule has 1 aromatic carbocycles. The number of morpholine rings is 2. The number of methoxy groups -OCH3 is 1. The normalized spacial score (nSPS) is 17.2. The maximum Gasteiger partial charge on any atom is 0.296 e. The molecule has 0 amide bonds. The molecule has 2 fully saturated rings. The van der Waals surface area contributed by atoms with Gasteiger partial charge in [-0.2, -0.15) is 15.0 Å². The highest BCUT2D eigenvalue weighted by atomic mass is 19.3. The average molecular weight is 463 g/mol. The van der Waals surface area contributed by atoms with E-state index in [0.29, 0.717) is 64.5 Å². The zero-order valence-corrected chi connectivity index (χ0v) is 17.9. The third kappa shape index (κ3) is 3.97. The number of hydrogen-bond donors (Lipinski definition) is 1. The van der Waals surface area contributed by atoms with Crippen molar-refractivity contribution in [3.63, 3.8) is 0 Å². The summed E-state index contributed by atoms with van der Waals surface area (Å²) in [7, 11) is 1.34. The van der Waals surface area contributed by atoms with E-state index < -0.39 is 12.2 Å². The van der Waals surface area contributed by atoms with Crippen LogP contribution in [-0.4, -0.2) is 89.3 Å². The molecule has 33 heavy (non-hydrogen) atoms. The number of rotatable bonds is 5. The van der Waals surface area contributed by atoms with Gasteiger partial charge in [-0.05, 0) is 12.1 Å². The molecule has 0 atom stereocenters. The number of aromatic nitrogens is 5. The number of halogens is 2. The zero-order valence-electron chi connectivity index (χ0n) is 17.9. The molecule has 4 heterocycles. The summed E-state index contributed by atoms with van der Waals surface area (Å²) in [6.45, 7) is 4.34. The quantitative estimate of drug-likeness (QED) is 0.598. The van der Waals surface area contributed by atoms with Crippen molar-refractivity contribution in [3.8, 4) is 17.4 Å². The number of phenols is 1. The van der Waals surface area contributed by atoms with Crippen molar-refractivity contribution in [1.82, 2.24) is 24.5 Å². The van der Waals surface area contributed by atoms with E-state index in [1.807, 2.05) is 9.80 Å². The van der Waals surface area contributed by atoms with Gasteiger partial charge in [-0.3, -0.25) is 4.57 Å². The SMILES string of the molecule is COc1c(O)ccc2c1nc(C(F)F)n2-c1nc(N2CCOCC2)nc(N2CCOCC2)n1. The van der Waals surface area contributed by atoms with Gasteiger partial charge in [-0.25, -0.2) is 13.8 Å². The molecule has 0 bridgehead atoms. The van der Waals surface area contributed by atoms with Crippen LogP contribution in [-0.2, 0) is 9.47 Å². The van der Waals surface area contributed by atoms with Crippen LogP contribution in [0, 0.1) is 0 Å². The number of alkyl halides is 2. The molecule has 13 heteroatoms. The molecule has 2 aromatic heterocycles. The lowest BCUT2D eigenvalue weighted by atomic mass is 10.2. The Morgan fingerprint density at radius 1 is 0.879 bits per heavy atom. The van der Waals surface area contributed by atoms with Crippen LogP contribution in [0.3, 0.4) is 0 Å². The fraction of sp³-hybridized carbons (Fsp3) is 0.500. The molecule has 11 nitrogen and oxygen atoms in total. The molecule has 2 saturated heterocycles. The summed E-state index contributed by atoms with van der Waals surface area (Å²) in [5.41, 5.74) is 0.376. The number of aromatic hydroxyl groups is 1. The minimum absolute atomic E-state index is 0.00371. The molecule has 1 N–H and O–H groups in total. The number of phenolic OH excluding ortho intramolecular Hbond substituents is 1. The van der Waals surface area contributed by atoms with E-state index in [4.69, 9.17) is 14.2 Å². The minimum Gasteiger partial charge on any atom is -0.504 e. The summed E-state index contributed by atoms with van der Waals surface area (Å²) in [6, 6.07) is 2.85. The Kier molecular flexibility index (Phi) is 5.81. The number of hydrogen-bond acceptors (Lipinski definition) is 10. The molecular weight excluding hydrogens is 440 g/mol. The van der Waals surface area contributed by atoms with Crippen molar-refractivity contribution < 1.29 is 28.1 Å². The Balaban J connectivity index is 1.71. The fourth-order valence-electron chi connectivity index (χ4n) is 3.94. The van der Waals surface area contributed by atoms with Crippen LogP contribution in [0.1, 0.15) is 12.2 Å². The number of benzene rings is 1. The lowest BCUT2D eigenvalue weighted by Gasteiger charge is -2.30. The Labute approximate surface area is 187 Å². The Bertz CT molecular complexity index is 1110. The topological polar surface area (TPSA) is 111 Å². The first-order valence-corrected chi connectivity index (χ1v) is 10.5. The molecule has 2 aliphatic rings. The molecule has 0 spiro atoms. The van der Waals surface area contributed by atoms with Crippen LogP contribution in [0.25, 0.3) is 17.0 Å². The van der Waals surface area contributed by atoms with Crippen LogP contribution in [0.5, 0.6) is 11.5 Å². The van der Waals surface area contributed by atoms with E-state index in [0.717, 1.165) is 0 Å². The van der Waals surface area contributed by atoms with E-state index in [9.17, 15) is 13.9 Å². The number of anilines is 2. The van der Waals surface area contributed by atoms with Gasteiger partial charge in [-0.15, -0.1) is 0 Å². The first-order chi connectivity index (χ1) is 16.1. The largest absolute Gasteiger partial charge is 0.504 e. The fourth-order valence-corrected chi connectivity index (χ4v) is 3.94. The van der Waals surface area contributed by atoms with Gasteiger partial charge in [0.25, 0.3) is 6.43 Å². The number of ether oxygens (including phenoxy) is 3. The molecule has 0 aliphatic carbocycles. The second kappa shape index (κ2) is 8.90. The van der Waals surface area contributed by atoms with E-state index in [1.54, 1.807) is 0 Å². The van der Waals surface area contributed by atoms with Crippen molar-refractivity contribution in [2.45, 2.75) is 6.43 Å². The second-order valence-corrected chi connectivity index (χ2v) is 7.53. The average Bonchev–Trinajstić information content (AvgIpc) is 3.25. The molecular formula is C20H23F2N7O4. The monoisotopic (exact) mass is 463 g/mol. The summed E-state index contributed by atoms with van der Waals surface area (Å²) in [4.78, 5) is 21.6. The lowest BCUT2D eigenvalue weighted by Crippen LogP contribution is -2.40. The Morgan fingerprint density at radius 2 is 1.42 bits per heavy atom. The molecule has 3 aromatic rings. The summed E-state index contributed by atoms with van der Waals surface area (Å²) < 4.78 is 45.4. The summed E-state index contributed by atoms with van der Waals surface area (Å²) in [6.07, 6.45) is -2.92. The van der Waals surface area contributed by atoms with Crippen molar-refractivity contribution in [1.29, 1.82) is 0 Å². The van der Waals surface area contributed by atoms with Crippen LogP contribution >= 0.6 is 0 Å². The third-order valence-corrected chi connectivity index (χ3v) is 5.57. The lowest BCUT2D eigenvalue weighted by molar-refractivity contribution is 0.121. The predicted octanol–water partition coefficient (Wildman–Crippen LogP) is 1.54. The number of nitrogens with zero attached hydrogens (tertiary/aromatic N) is 7. The van der Waals surface area contributed by atoms with E-state index in [1.165, 1.54) is 23.8 Å². The maximum absolute atomic E-state index is 14.1. The minimum atomic E-state index is -2.92. The van der Waals surface area contributed by atoms with Gasteiger partial charge in [0.15, 0.2) is 17.3 Å². The van der Waals surface area contributed by atoms with Gasteiger partial charge in [-0.1, -0.05) is 0 Å². The van der Waals surface area contributed by atoms with Crippen molar-refractivity contribution in [3.05, 3.63) is 18.0 Å². The molecule has 0 radical (unpaired) electrons. The third-order valence-electron chi connectivity index (χ3n) is 5.57. The van der Waals surface area contributed by atoms with Gasteiger partial charge in [0.05, 0.1) is 39.1 Å². The summed E-state index contributed by atoms with van der Waals surface area (Å²) in [5, 5.41) is 10.1. The maximum atomic E-state index is 14.1. The van der Waals surface area contributed by atoms with Gasteiger partial charge in [0.2, 0.25) is 17.8 Å². The van der Waals surface area contributed by atoms with Crippen LogP contribution in [0.4, 0.5) is 20.7 Å². The highest BCUT2D eigenvalue weighted by molar-refractivity contribution is 5.86. The highest BCUT2D eigenvalue weighted by Crippen LogP contribution is 2.37. The van der Waals surface area contributed by atoms with E-state index in [-0.39, 0.29) is 28.5 Å². The molecule has 0 saturated carbocycles. The second-order valence-electron chi connectivity index (χ2n) is 7.53. The predicted molar refractivity (Wildman–Crippen MR) is 114 cm³/mol. The van der Waals surface area contributed by atoms with Gasteiger partial charge in [0.1, 0.15) is 5.52 Å². The molecule has 5 rings (SSSR count). The van der Waals surface area contributed by atoms with Crippen molar-refractivity contribution in [2.75, 3.05) is 69.5 Å². The number of fused-ring (bicyclic) bond motifs is 1. The molecule has 0 unspecified atom stereocenters. The van der Waals surface area contributed by atoms with E-state index >= 15 is 0 Å². The standard InChI is InChI=1S/C20H23F2N7O4/c1-31-15-13(30)3-2-12-14(15)23-17(16(21)22)29(12)20-25-18(27-4-8-32-9-5-27)24-19(26-20)28-6-10-33-11-7-28/h2-3,16,30H,4-11H2,1H3. The first-order valence-electron chi connectivity index (χ1n) is 10.5. The first kappa shape index (κ1) is 21.5. The van der Waals surface area contributed by atoms with Crippen molar-refractivity contribution >= 4 is 22.9 Å². The smallest absolute Gasteiger partial charge is 0.296 e. The Morgan fingerprint density at radius 3 is 1.94 bits per heavy atom. The molecule has 2 aliphatic heterocycles. The summed E-state index contributed by atoms with van der Waals surface area (Å²) in [5.74, 6) is 0.00724. The van der Waals surface area contributed by atoms with Gasteiger partial charge < -0.3 is 29.1 Å². The molecule has 176 valence electrons.